The van der Waals surface area contributed by atoms with Crippen LogP contribution in [0.2, 0.25) is 13.1 Å². The fourth-order valence-electron chi connectivity index (χ4n) is 4.45. The molecule has 0 aliphatic heterocycles. The molecule has 0 saturated heterocycles. The molecule has 2 aliphatic carbocycles. The standard InChI is InChI=1S/C24H28Si/c1-15-9-19-7-8-24(23(19)12-18(15)4)25(5,6)22-13-20-10-16(2)17(3)11-21(20)14-22/h7-13,24H,14H2,1-6H3. The quantitative estimate of drug-likeness (QED) is 0.549. The molecule has 2 aromatic carbocycles. The lowest BCUT2D eigenvalue weighted by Gasteiger charge is -2.31. The highest BCUT2D eigenvalue weighted by Gasteiger charge is 2.39. The van der Waals surface area contributed by atoms with Gasteiger partial charge < -0.3 is 0 Å². The van der Waals surface area contributed by atoms with E-state index in [-0.39, 0.29) is 0 Å². The summed E-state index contributed by atoms with van der Waals surface area (Å²) in [5.74, 6) is 0. The first-order valence-electron chi connectivity index (χ1n) is 9.38. The van der Waals surface area contributed by atoms with Gasteiger partial charge in [0, 0.05) is 5.54 Å². The maximum absolute atomic E-state index is 2.56. The van der Waals surface area contributed by atoms with Gasteiger partial charge >= 0.3 is 0 Å². The third-order valence-corrected chi connectivity index (χ3v) is 10.6. The van der Waals surface area contributed by atoms with Gasteiger partial charge in [-0.05, 0) is 78.6 Å². The smallest absolute Gasteiger partial charge is 0.0788 e. The van der Waals surface area contributed by atoms with Crippen molar-refractivity contribution >= 4 is 20.2 Å². The summed E-state index contributed by atoms with van der Waals surface area (Å²) in [6.07, 6.45) is 8.51. The van der Waals surface area contributed by atoms with Gasteiger partial charge in [0.25, 0.3) is 0 Å². The van der Waals surface area contributed by atoms with Crippen molar-refractivity contribution in [2.24, 2.45) is 0 Å². The average molecular weight is 345 g/mol. The van der Waals surface area contributed by atoms with Gasteiger partial charge in [0.2, 0.25) is 0 Å². The van der Waals surface area contributed by atoms with E-state index in [4.69, 9.17) is 0 Å². The molecule has 4 rings (SSSR count). The molecule has 25 heavy (non-hydrogen) atoms. The van der Waals surface area contributed by atoms with E-state index in [9.17, 15) is 0 Å². The lowest BCUT2D eigenvalue weighted by molar-refractivity contribution is 1.12. The molecule has 2 aromatic rings. The first-order valence-corrected chi connectivity index (χ1v) is 12.5. The molecule has 0 nitrogen and oxygen atoms in total. The molecular formula is C24H28Si. The second-order valence-electron chi connectivity index (χ2n) is 8.61. The average Bonchev–Trinajstić information content (AvgIpc) is 3.13. The van der Waals surface area contributed by atoms with E-state index in [2.05, 4.69) is 83.3 Å². The SMILES string of the molecule is Cc1cc2c(cc1C)CC([Si](C)(C)C1C=Cc3cc(C)c(C)cc31)=C2. The molecule has 0 radical (unpaired) electrons. The van der Waals surface area contributed by atoms with Crippen molar-refractivity contribution in [3.05, 3.63) is 80.0 Å². The van der Waals surface area contributed by atoms with Gasteiger partial charge in [-0.2, -0.15) is 0 Å². The predicted molar refractivity (Wildman–Crippen MR) is 113 cm³/mol. The zero-order valence-electron chi connectivity index (χ0n) is 16.3. The van der Waals surface area contributed by atoms with Crippen LogP contribution in [0.25, 0.3) is 12.2 Å². The Balaban J connectivity index is 1.72. The summed E-state index contributed by atoms with van der Waals surface area (Å²) in [5.41, 5.74) is 12.2. The summed E-state index contributed by atoms with van der Waals surface area (Å²) in [7, 11) is -1.59. The van der Waals surface area contributed by atoms with Crippen LogP contribution < -0.4 is 0 Å². The second-order valence-corrected chi connectivity index (χ2v) is 13.3. The Hall–Kier alpha value is -1.86. The summed E-state index contributed by atoms with van der Waals surface area (Å²) in [5, 5.41) is 1.70. The van der Waals surface area contributed by atoms with E-state index >= 15 is 0 Å². The van der Waals surface area contributed by atoms with Crippen molar-refractivity contribution in [2.45, 2.75) is 52.8 Å². The van der Waals surface area contributed by atoms with Crippen molar-refractivity contribution in [3.63, 3.8) is 0 Å². The van der Waals surface area contributed by atoms with Crippen LogP contribution in [0.5, 0.6) is 0 Å². The minimum Gasteiger partial charge on any atom is -0.0788 e. The fraction of sp³-hybridized carbons (Fsp3) is 0.333. The number of benzene rings is 2. The topological polar surface area (TPSA) is 0 Å². The third-order valence-electron chi connectivity index (χ3n) is 6.57. The van der Waals surface area contributed by atoms with Crippen LogP contribution in [0.4, 0.5) is 0 Å². The van der Waals surface area contributed by atoms with Crippen molar-refractivity contribution in [1.82, 2.24) is 0 Å². The Bertz CT molecular complexity index is 941. The largest absolute Gasteiger partial charge is 0.0873 e. The molecule has 2 aliphatic rings. The van der Waals surface area contributed by atoms with Gasteiger partial charge in [-0.3, -0.25) is 0 Å². The van der Waals surface area contributed by atoms with E-state index in [1.54, 1.807) is 10.8 Å². The normalized spacial score (nSPS) is 18.3. The highest BCUT2D eigenvalue weighted by atomic mass is 28.3. The Morgan fingerprint density at radius 1 is 0.800 bits per heavy atom. The van der Waals surface area contributed by atoms with E-state index < -0.39 is 8.07 Å². The number of aryl methyl sites for hydroxylation is 4. The molecule has 0 heterocycles. The Morgan fingerprint density at radius 2 is 1.40 bits per heavy atom. The van der Waals surface area contributed by atoms with Crippen LogP contribution in [0.3, 0.4) is 0 Å². The zero-order valence-corrected chi connectivity index (χ0v) is 17.3. The third kappa shape index (κ3) is 2.57. The molecule has 0 amide bonds. The monoisotopic (exact) mass is 344 g/mol. The van der Waals surface area contributed by atoms with Crippen LogP contribution in [-0.2, 0) is 6.42 Å². The van der Waals surface area contributed by atoms with E-state index in [0.717, 1.165) is 6.42 Å². The fourth-order valence-corrected chi connectivity index (χ4v) is 7.63. The number of hydrogen-bond acceptors (Lipinski definition) is 0. The molecule has 1 atom stereocenters. The van der Waals surface area contributed by atoms with Crippen molar-refractivity contribution in [2.75, 3.05) is 0 Å². The molecule has 0 fully saturated rings. The maximum atomic E-state index is 2.56. The van der Waals surface area contributed by atoms with Gasteiger partial charge in [-0.15, -0.1) is 0 Å². The number of hydrogen-bond donors (Lipinski definition) is 0. The molecule has 1 heteroatoms. The summed E-state index contributed by atoms with van der Waals surface area (Å²) >= 11 is 0. The van der Waals surface area contributed by atoms with Crippen LogP contribution in [0, 0.1) is 27.7 Å². The number of allylic oxidation sites excluding steroid dienone is 2. The van der Waals surface area contributed by atoms with Gasteiger partial charge in [-0.25, -0.2) is 0 Å². The van der Waals surface area contributed by atoms with Gasteiger partial charge in [0.15, 0.2) is 0 Å². The summed E-state index contributed by atoms with van der Waals surface area (Å²) in [6.45, 7) is 14.0. The summed E-state index contributed by atoms with van der Waals surface area (Å²) in [4.78, 5) is 0. The van der Waals surface area contributed by atoms with Gasteiger partial charge in [-0.1, -0.05) is 60.8 Å². The molecule has 1 unspecified atom stereocenters. The Labute approximate surface area is 153 Å². The lowest BCUT2D eigenvalue weighted by atomic mass is 10.0. The minimum absolute atomic E-state index is 0.601. The molecule has 128 valence electrons. The number of fused-ring (bicyclic) bond motifs is 2. The van der Waals surface area contributed by atoms with E-state index in [1.807, 2.05) is 0 Å². The second kappa shape index (κ2) is 5.57. The van der Waals surface area contributed by atoms with Crippen LogP contribution in [0.1, 0.15) is 50.0 Å². The Morgan fingerprint density at radius 3 is 2.12 bits per heavy atom. The minimum atomic E-state index is -1.59. The highest BCUT2D eigenvalue weighted by Crippen LogP contribution is 2.44. The molecule has 0 aromatic heterocycles. The lowest BCUT2D eigenvalue weighted by Crippen LogP contribution is -2.36. The first kappa shape index (κ1) is 16.6. The Kier molecular flexibility index (Phi) is 3.70. The summed E-state index contributed by atoms with van der Waals surface area (Å²) in [6, 6.07) is 9.61. The predicted octanol–water partition coefficient (Wildman–Crippen LogP) is 6.46. The first-order chi connectivity index (χ1) is 11.8. The van der Waals surface area contributed by atoms with Crippen molar-refractivity contribution in [1.29, 1.82) is 0 Å². The molecule has 0 saturated carbocycles. The molecular weight excluding hydrogens is 316 g/mol. The molecule has 0 N–H and O–H groups in total. The van der Waals surface area contributed by atoms with E-state index in [0.29, 0.717) is 5.54 Å². The van der Waals surface area contributed by atoms with E-state index in [1.165, 1.54) is 38.9 Å². The van der Waals surface area contributed by atoms with Gasteiger partial charge in [0.05, 0.1) is 8.07 Å². The molecule has 0 bridgehead atoms. The van der Waals surface area contributed by atoms with Crippen molar-refractivity contribution in [3.8, 4) is 0 Å². The maximum Gasteiger partial charge on any atom is 0.0873 e. The van der Waals surface area contributed by atoms with Crippen LogP contribution in [0.15, 0.2) is 35.5 Å². The zero-order chi connectivity index (χ0) is 17.9. The number of rotatable bonds is 2. The highest BCUT2D eigenvalue weighted by molar-refractivity contribution is 6.86. The van der Waals surface area contributed by atoms with Gasteiger partial charge in [0.1, 0.15) is 0 Å². The summed E-state index contributed by atoms with van der Waals surface area (Å²) < 4.78 is 0. The van der Waals surface area contributed by atoms with Crippen LogP contribution >= 0.6 is 0 Å². The van der Waals surface area contributed by atoms with Crippen LogP contribution in [-0.4, -0.2) is 8.07 Å². The molecule has 0 spiro atoms. The van der Waals surface area contributed by atoms with Crippen molar-refractivity contribution < 1.29 is 0 Å².